The molecule has 12 rings (SSSR count). The first-order valence-electron chi connectivity index (χ1n) is 23.7. The molecule has 0 aliphatic heterocycles. The van der Waals surface area contributed by atoms with Gasteiger partial charge in [0.1, 0.15) is 17.1 Å². The fourth-order valence-corrected chi connectivity index (χ4v) is 7.53. The van der Waals surface area contributed by atoms with E-state index in [4.69, 9.17) is 28.7 Å². The van der Waals surface area contributed by atoms with Crippen molar-refractivity contribution in [3.63, 3.8) is 0 Å². The highest BCUT2D eigenvalue weighted by atomic mass is 15.2. The molecule has 0 saturated heterocycles. The summed E-state index contributed by atoms with van der Waals surface area (Å²) in [6.07, 6.45) is 15.1. The Morgan fingerprint density at radius 3 is 1.06 bits per heavy atom. The molecule has 0 amide bonds. The Kier molecular flexibility index (Phi) is 14.8. The number of nitrogens with two attached hydrogens (primary N) is 5. The maximum Gasteiger partial charge on any atom is 0.181 e. The predicted octanol–water partition coefficient (Wildman–Crippen LogP) is 9.90. The van der Waals surface area contributed by atoms with Gasteiger partial charge in [0.15, 0.2) is 52.4 Å². The van der Waals surface area contributed by atoms with Gasteiger partial charge in [0.25, 0.3) is 0 Å². The number of pyridine rings is 3. The van der Waals surface area contributed by atoms with Gasteiger partial charge in [0.05, 0.1) is 35.7 Å². The van der Waals surface area contributed by atoms with Crippen LogP contribution in [0.2, 0.25) is 0 Å². The van der Waals surface area contributed by atoms with E-state index in [2.05, 4.69) is 90.4 Å². The molecule has 77 heavy (non-hydrogen) atoms. The zero-order valence-electron chi connectivity index (χ0n) is 41.1. The van der Waals surface area contributed by atoms with Crippen molar-refractivity contribution >= 4 is 17.5 Å². The number of hydrogen-bond acceptors (Lipinski definition) is 20. The van der Waals surface area contributed by atoms with Gasteiger partial charge < -0.3 is 28.7 Å². The van der Waals surface area contributed by atoms with Gasteiger partial charge in [0, 0.05) is 101 Å². The molecule has 0 fully saturated rings. The van der Waals surface area contributed by atoms with Crippen molar-refractivity contribution in [3.05, 3.63) is 182 Å². The van der Waals surface area contributed by atoms with E-state index in [1.54, 1.807) is 55.8 Å². The molecule has 0 radical (unpaired) electrons. The lowest BCUT2D eigenvalue weighted by Crippen LogP contribution is -2.00. The average Bonchev–Trinajstić information content (AvgIpc) is 2.45. The summed E-state index contributed by atoms with van der Waals surface area (Å²) in [5.74, 6) is 3.93. The number of nitrogen functional groups attached to an aromatic ring is 3. The molecule has 23 heteroatoms. The summed E-state index contributed by atoms with van der Waals surface area (Å²) in [6.45, 7) is 3.01. The summed E-state index contributed by atoms with van der Waals surface area (Å²) in [4.78, 5) is 52.2. The van der Waals surface area contributed by atoms with Crippen molar-refractivity contribution in [2.45, 2.75) is 20.0 Å². The minimum atomic E-state index is 0. The van der Waals surface area contributed by atoms with Gasteiger partial charge in [-0.05, 0) is 60.5 Å². The van der Waals surface area contributed by atoms with Gasteiger partial charge in [-0.1, -0.05) is 72.3 Å². The Balaban J connectivity index is -0.00000117. The smallest absolute Gasteiger partial charge is 0.181 e. The Bertz CT molecular complexity index is 3760. The van der Waals surface area contributed by atoms with Crippen molar-refractivity contribution in [3.8, 4) is 102 Å². The van der Waals surface area contributed by atoms with Gasteiger partial charge >= 0.3 is 0 Å². The molecule has 0 aliphatic carbocycles. The first-order chi connectivity index (χ1) is 37.7. The van der Waals surface area contributed by atoms with E-state index in [-0.39, 0.29) is 28.8 Å². The first-order valence-corrected chi connectivity index (χ1v) is 23.7. The lowest BCUT2D eigenvalue weighted by Gasteiger charge is -2.04. The van der Waals surface area contributed by atoms with Crippen LogP contribution in [0, 0.1) is 6.92 Å². The number of benzene rings is 3. The van der Waals surface area contributed by atoms with Crippen LogP contribution in [0.1, 0.15) is 33.8 Å². The van der Waals surface area contributed by atoms with E-state index in [1.807, 2.05) is 116 Å². The van der Waals surface area contributed by atoms with Crippen LogP contribution in [0.5, 0.6) is 0 Å². The highest BCUT2D eigenvalue weighted by Crippen LogP contribution is 2.29. The summed E-state index contributed by atoms with van der Waals surface area (Å²) in [7, 11) is 0. The molecule has 402 valence electrons. The van der Waals surface area contributed by atoms with Crippen LogP contribution in [-0.4, -0.2) is 90.4 Å². The standard InChI is InChI=1S/2C18H16N8.C18H15N7.12H2/c2*19-8-11-3-5-12(6-4-11)17-24-18(26-25-17)15-16(20)22-10-14(23-15)13-2-1-7-21-9-13;1-11-4-2-5-12(8-11)17-23-18(25-24-17)15-16(19)21-10-14(22-15)13-6-3-7-20-9-13;;;;;;;;;;;;/h2*1-7,9-10H,8,19H2,(H2,20,22)(H,24,25,26);2-10H,1H3,(H2,19,21)(H,23,24,25);12*1H. The zero-order valence-corrected chi connectivity index (χ0v) is 41.1. The van der Waals surface area contributed by atoms with Crippen LogP contribution in [0.25, 0.3) is 102 Å². The largest absolute Gasteiger partial charge is 0.382 e. The fraction of sp³-hybridized carbons (Fsp3) is 0.0556. The molecule has 12 aromatic rings. The Labute approximate surface area is 457 Å². The minimum Gasteiger partial charge on any atom is -0.382 e. The number of H-pyrrole nitrogens is 3. The summed E-state index contributed by atoms with van der Waals surface area (Å²) < 4.78 is 0. The Hall–Kier alpha value is -10.9. The van der Waals surface area contributed by atoms with E-state index in [9.17, 15) is 0 Å². The van der Waals surface area contributed by atoms with E-state index >= 15 is 0 Å². The van der Waals surface area contributed by atoms with Crippen LogP contribution in [0.15, 0.2) is 165 Å². The van der Waals surface area contributed by atoms with Crippen molar-refractivity contribution in [1.82, 2.24) is 90.4 Å². The van der Waals surface area contributed by atoms with Crippen molar-refractivity contribution in [1.29, 1.82) is 0 Å². The lowest BCUT2D eigenvalue weighted by atomic mass is 10.1. The number of aryl methyl sites for hydroxylation is 1. The molecular formula is C54H71N23. The van der Waals surface area contributed by atoms with Crippen molar-refractivity contribution < 1.29 is 17.1 Å². The second-order valence-electron chi connectivity index (χ2n) is 16.9. The molecule has 3 aromatic carbocycles. The number of nitrogens with one attached hydrogen (secondary N) is 3. The number of anilines is 3. The topological polar surface area (TPSA) is 371 Å². The molecule has 13 N–H and O–H groups in total. The maximum atomic E-state index is 5.99. The van der Waals surface area contributed by atoms with Crippen LogP contribution < -0.4 is 28.7 Å². The van der Waals surface area contributed by atoms with Crippen LogP contribution in [0.3, 0.4) is 0 Å². The van der Waals surface area contributed by atoms with E-state index in [0.29, 0.717) is 88.0 Å². The molecule has 0 bridgehead atoms. The second-order valence-corrected chi connectivity index (χ2v) is 16.9. The molecule has 9 aromatic heterocycles. The SMILES string of the molecule is Cc1cccc(-c2n[nH]c(-c3nc(-c4cccnc4)cnc3N)n2)c1.NCc1ccc(-c2n[nH]c(-c3nc(-c4cccnc4)cnc3N)n2)cc1.NCc1ccc(-c2n[nH]c(-c3nc(-c4cccnc4)cnc3N)n2)cc1.[HH].[HH].[HH].[HH].[HH].[HH].[HH].[HH].[HH].[HH].[HH].[HH]. The number of hydrogen-bond donors (Lipinski definition) is 8. The van der Waals surface area contributed by atoms with E-state index < -0.39 is 0 Å². The summed E-state index contributed by atoms with van der Waals surface area (Å²) in [5.41, 5.74) is 41.0. The molecular weight excluding hydrogens is 971 g/mol. The van der Waals surface area contributed by atoms with Crippen molar-refractivity contribution in [2.75, 3.05) is 17.2 Å². The highest BCUT2D eigenvalue weighted by molar-refractivity contribution is 5.73. The highest BCUT2D eigenvalue weighted by Gasteiger charge is 2.18. The van der Waals surface area contributed by atoms with Gasteiger partial charge in [-0.15, -0.1) is 0 Å². The van der Waals surface area contributed by atoms with E-state index in [0.717, 1.165) is 50.1 Å². The predicted molar refractivity (Wildman–Crippen MR) is 317 cm³/mol. The summed E-state index contributed by atoms with van der Waals surface area (Å²) in [5, 5.41) is 21.5. The third-order valence-electron chi connectivity index (χ3n) is 11.6. The molecule has 0 aliphatic rings. The number of nitrogens with zero attached hydrogens (tertiary/aromatic N) is 15. The Morgan fingerprint density at radius 1 is 0.390 bits per heavy atom. The number of rotatable bonds is 11. The molecule has 0 atom stereocenters. The van der Waals surface area contributed by atoms with Gasteiger partial charge in [-0.3, -0.25) is 30.2 Å². The lowest BCUT2D eigenvalue weighted by molar-refractivity contribution is 1.07. The monoisotopic (exact) mass is 1040 g/mol. The van der Waals surface area contributed by atoms with Gasteiger partial charge in [-0.25, -0.2) is 44.9 Å². The quantitative estimate of drug-likeness (QED) is 0.0597. The molecule has 0 unspecified atom stereocenters. The molecule has 9 heterocycles. The average molecular weight is 1040 g/mol. The van der Waals surface area contributed by atoms with Crippen LogP contribution in [-0.2, 0) is 13.1 Å². The number of aromatic nitrogens is 18. The third kappa shape index (κ3) is 11.7. The normalized spacial score (nSPS) is 10.8. The van der Waals surface area contributed by atoms with E-state index in [1.165, 1.54) is 0 Å². The number of aromatic amines is 3. The first kappa shape index (κ1) is 49.7. The van der Waals surface area contributed by atoms with Crippen LogP contribution in [0.4, 0.5) is 17.5 Å². The minimum absolute atomic E-state index is 0. The third-order valence-corrected chi connectivity index (χ3v) is 11.6. The van der Waals surface area contributed by atoms with Crippen LogP contribution >= 0.6 is 0 Å². The maximum absolute atomic E-state index is 5.99. The molecule has 0 saturated carbocycles. The molecule has 23 nitrogen and oxygen atoms in total. The summed E-state index contributed by atoms with van der Waals surface area (Å²) in [6, 6.07) is 34.7. The van der Waals surface area contributed by atoms with Gasteiger partial charge in [0.2, 0.25) is 0 Å². The molecule has 0 spiro atoms. The fourth-order valence-electron chi connectivity index (χ4n) is 7.53. The zero-order chi connectivity index (χ0) is 53.1. The van der Waals surface area contributed by atoms with Gasteiger partial charge in [-0.2, -0.15) is 15.3 Å². The second kappa shape index (κ2) is 22.9. The van der Waals surface area contributed by atoms with Crippen molar-refractivity contribution in [2.24, 2.45) is 11.5 Å². The Morgan fingerprint density at radius 2 is 0.740 bits per heavy atom. The summed E-state index contributed by atoms with van der Waals surface area (Å²) >= 11 is 0.